The van der Waals surface area contributed by atoms with Crippen LogP contribution < -0.4 is 10.2 Å². The standard InChI is InChI=1S/C17H28N4O3/c1-6-24-17(23)14-7-9-21(10-8-14)13(4)16(22)18-15-11(2)19-20(5)12(15)3/h13-14H,6-10H2,1-5H3,(H,18,22)/p+1/t13-/m0/s1. The van der Waals surface area contributed by atoms with Gasteiger partial charge in [0.25, 0.3) is 5.91 Å². The Hall–Kier alpha value is -1.89. The maximum absolute atomic E-state index is 12.6. The number of hydrogen-bond acceptors (Lipinski definition) is 4. The number of nitrogens with one attached hydrogen (secondary N) is 2. The molecule has 7 heteroatoms. The molecule has 1 atom stereocenters. The number of amides is 1. The van der Waals surface area contributed by atoms with Gasteiger partial charge in [-0.2, -0.15) is 5.10 Å². The third kappa shape index (κ3) is 3.95. The monoisotopic (exact) mass is 337 g/mol. The van der Waals surface area contributed by atoms with Crippen molar-refractivity contribution in [2.24, 2.45) is 13.0 Å². The summed E-state index contributed by atoms with van der Waals surface area (Å²) < 4.78 is 6.87. The molecule has 1 amide bonds. The van der Waals surface area contributed by atoms with Crippen molar-refractivity contribution < 1.29 is 19.2 Å². The molecular weight excluding hydrogens is 308 g/mol. The summed E-state index contributed by atoms with van der Waals surface area (Å²) in [6.07, 6.45) is 1.55. The smallest absolute Gasteiger partial charge is 0.309 e. The Morgan fingerprint density at radius 2 is 2.00 bits per heavy atom. The van der Waals surface area contributed by atoms with Crippen LogP contribution in [0.4, 0.5) is 5.69 Å². The fraction of sp³-hybridized carbons (Fsp3) is 0.706. The predicted octanol–water partition coefficient (Wildman–Crippen LogP) is 0.222. The molecule has 24 heavy (non-hydrogen) atoms. The van der Waals surface area contributed by atoms with Crippen LogP contribution in [0.2, 0.25) is 0 Å². The second kappa shape index (κ2) is 7.79. The fourth-order valence-electron chi connectivity index (χ4n) is 3.29. The van der Waals surface area contributed by atoms with Gasteiger partial charge in [0.1, 0.15) is 0 Å². The van der Waals surface area contributed by atoms with Crippen LogP contribution in [0.25, 0.3) is 0 Å². The number of nitrogens with zero attached hydrogens (tertiary/aromatic N) is 2. The Morgan fingerprint density at radius 3 is 2.50 bits per heavy atom. The highest BCUT2D eigenvalue weighted by Crippen LogP contribution is 2.18. The van der Waals surface area contributed by atoms with Crippen LogP contribution >= 0.6 is 0 Å². The molecule has 0 aliphatic carbocycles. The molecule has 1 aliphatic heterocycles. The van der Waals surface area contributed by atoms with E-state index in [-0.39, 0.29) is 23.8 Å². The van der Waals surface area contributed by atoms with Gasteiger partial charge in [0.2, 0.25) is 0 Å². The van der Waals surface area contributed by atoms with Crippen molar-refractivity contribution in [2.75, 3.05) is 25.0 Å². The summed E-state index contributed by atoms with van der Waals surface area (Å²) in [5.74, 6) is -0.124. The number of aryl methyl sites for hydroxylation is 2. The first-order chi connectivity index (χ1) is 11.3. The minimum atomic E-state index is -0.160. The Labute approximate surface area is 143 Å². The average molecular weight is 337 g/mol. The van der Waals surface area contributed by atoms with Crippen molar-refractivity contribution in [3.05, 3.63) is 11.4 Å². The predicted molar refractivity (Wildman–Crippen MR) is 90.8 cm³/mol. The van der Waals surface area contributed by atoms with E-state index in [0.29, 0.717) is 6.61 Å². The zero-order chi connectivity index (χ0) is 17.9. The van der Waals surface area contributed by atoms with E-state index in [4.69, 9.17) is 4.74 Å². The van der Waals surface area contributed by atoms with Crippen molar-refractivity contribution in [1.82, 2.24) is 9.78 Å². The number of likely N-dealkylation sites (tertiary alicyclic amines) is 1. The number of hydrogen-bond donors (Lipinski definition) is 2. The van der Waals surface area contributed by atoms with E-state index in [9.17, 15) is 9.59 Å². The minimum absolute atomic E-state index is 0.00113. The minimum Gasteiger partial charge on any atom is -0.466 e. The zero-order valence-corrected chi connectivity index (χ0v) is 15.3. The molecule has 2 heterocycles. The quantitative estimate of drug-likeness (QED) is 0.754. The van der Waals surface area contributed by atoms with E-state index in [1.54, 1.807) is 4.68 Å². The molecule has 0 unspecified atom stereocenters. The van der Waals surface area contributed by atoms with Crippen LogP contribution in [-0.4, -0.2) is 47.4 Å². The summed E-state index contributed by atoms with van der Waals surface area (Å²) in [6.45, 7) is 9.65. The molecule has 0 saturated carbocycles. The lowest BCUT2D eigenvalue weighted by molar-refractivity contribution is -0.919. The van der Waals surface area contributed by atoms with Gasteiger partial charge in [-0.3, -0.25) is 14.3 Å². The molecule has 1 aliphatic rings. The number of anilines is 1. The summed E-state index contributed by atoms with van der Waals surface area (Å²) in [4.78, 5) is 25.6. The van der Waals surface area contributed by atoms with E-state index in [0.717, 1.165) is 43.0 Å². The summed E-state index contributed by atoms with van der Waals surface area (Å²) in [6, 6.07) is -0.160. The summed E-state index contributed by atoms with van der Waals surface area (Å²) in [5.41, 5.74) is 2.57. The number of esters is 1. The number of carbonyl (C=O) groups is 2. The Kier molecular flexibility index (Phi) is 5.99. The van der Waals surface area contributed by atoms with Crippen molar-refractivity contribution in [1.29, 1.82) is 0 Å². The average Bonchev–Trinajstić information content (AvgIpc) is 2.80. The van der Waals surface area contributed by atoms with Gasteiger partial charge in [-0.1, -0.05) is 0 Å². The van der Waals surface area contributed by atoms with E-state index in [2.05, 4.69) is 10.4 Å². The van der Waals surface area contributed by atoms with Gasteiger partial charge in [-0.05, 0) is 27.7 Å². The van der Waals surface area contributed by atoms with Crippen LogP contribution in [0.5, 0.6) is 0 Å². The lowest BCUT2D eigenvalue weighted by Gasteiger charge is -2.31. The first kappa shape index (κ1) is 18.4. The number of ether oxygens (including phenoxy) is 1. The van der Waals surface area contributed by atoms with E-state index >= 15 is 0 Å². The van der Waals surface area contributed by atoms with Gasteiger partial charge in [0.05, 0.1) is 42.7 Å². The molecule has 7 nitrogen and oxygen atoms in total. The van der Waals surface area contributed by atoms with Crippen LogP contribution in [0.1, 0.15) is 38.1 Å². The lowest BCUT2D eigenvalue weighted by Crippen LogP contribution is -3.17. The molecule has 0 spiro atoms. The van der Waals surface area contributed by atoms with Crippen molar-refractivity contribution in [3.8, 4) is 0 Å². The number of piperidine rings is 1. The summed E-state index contributed by atoms with van der Waals surface area (Å²) in [7, 11) is 1.87. The highest BCUT2D eigenvalue weighted by atomic mass is 16.5. The van der Waals surface area contributed by atoms with Gasteiger partial charge in [0, 0.05) is 19.9 Å². The molecule has 0 bridgehead atoms. The fourth-order valence-corrected chi connectivity index (χ4v) is 3.29. The van der Waals surface area contributed by atoms with Crippen molar-refractivity contribution >= 4 is 17.6 Å². The highest BCUT2D eigenvalue weighted by Gasteiger charge is 2.33. The topological polar surface area (TPSA) is 77.7 Å². The highest BCUT2D eigenvalue weighted by molar-refractivity contribution is 5.94. The number of quaternary nitrogens is 1. The lowest BCUT2D eigenvalue weighted by atomic mass is 9.96. The Balaban J connectivity index is 1.91. The van der Waals surface area contributed by atoms with Crippen LogP contribution in [0.3, 0.4) is 0 Å². The number of carbonyl (C=O) groups excluding carboxylic acids is 2. The van der Waals surface area contributed by atoms with Crippen LogP contribution in [0, 0.1) is 19.8 Å². The maximum Gasteiger partial charge on any atom is 0.309 e. The van der Waals surface area contributed by atoms with E-state index < -0.39 is 0 Å². The Bertz CT molecular complexity index is 603. The normalized spacial score (nSPS) is 22.0. The third-order valence-corrected chi connectivity index (χ3v) is 5.01. The van der Waals surface area contributed by atoms with Crippen molar-refractivity contribution in [3.63, 3.8) is 0 Å². The molecule has 1 aromatic heterocycles. The molecule has 1 fully saturated rings. The summed E-state index contributed by atoms with van der Waals surface area (Å²) >= 11 is 0. The third-order valence-electron chi connectivity index (χ3n) is 5.01. The number of rotatable bonds is 5. The second-order valence-corrected chi connectivity index (χ2v) is 6.56. The van der Waals surface area contributed by atoms with Crippen LogP contribution in [0.15, 0.2) is 0 Å². The number of aromatic nitrogens is 2. The first-order valence-corrected chi connectivity index (χ1v) is 8.67. The molecule has 2 N–H and O–H groups in total. The largest absolute Gasteiger partial charge is 0.466 e. The van der Waals surface area contributed by atoms with Gasteiger partial charge in [-0.25, -0.2) is 0 Å². The molecule has 134 valence electrons. The van der Waals surface area contributed by atoms with Gasteiger partial charge in [-0.15, -0.1) is 0 Å². The SMILES string of the molecule is CCOC(=O)C1CC[NH+]([C@@H](C)C(=O)Nc2c(C)nn(C)c2C)CC1. The van der Waals surface area contributed by atoms with Gasteiger partial charge in [0.15, 0.2) is 6.04 Å². The maximum atomic E-state index is 12.6. The Morgan fingerprint density at radius 1 is 1.38 bits per heavy atom. The second-order valence-electron chi connectivity index (χ2n) is 6.56. The molecule has 2 rings (SSSR count). The molecular formula is C17H29N4O3+. The molecule has 1 aromatic rings. The van der Waals surface area contributed by atoms with Crippen LogP contribution in [-0.2, 0) is 21.4 Å². The van der Waals surface area contributed by atoms with E-state index in [1.165, 1.54) is 4.90 Å². The van der Waals surface area contributed by atoms with E-state index in [1.807, 2.05) is 34.7 Å². The van der Waals surface area contributed by atoms with Gasteiger partial charge < -0.3 is 15.0 Å². The molecule has 0 aromatic carbocycles. The van der Waals surface area contributed by atoms with Gasteiger partial charge >= 0.3 is 5.97 Å². The summed E-state index contributed by atoms with van der Waals surface area (Å²) in [5, 5.41) is 7.34. The van der Waals surface area contributed by atoms with Crippen molar-refractivity contribution in [2.45, 2.75) is 46.6 Å². The zero-order valence-electron chi connectivity index (χ0n) is 15.3. The molecule has 0 radical (unpaired) electrons. The first-order valence-electron chi connectivity index (χ1n) is 8.67. The molecule has 1 saturated heterocycles.